The molecular formula is C29H30N2O5. The lowest BCUT2D eigenvalue weighted by atomic mass is 9.94. The van der Waals surface area contributed by atoms with Crippen LogP contribution in [0.1, 0.15) is 29.7 Å². The van der Waals surface area contributed by atoms with Crippen molar-refractivity contribution in [2.45, 2.75) is 19.9 Å². The maximum Gasteiger partial charge on any atom is 0.300 e. The number of aliphatic hydroxyl groups is 1. The fourth-order valence-electron chi connectivity index (χ4n) is 4.39. The van der Waals surface area contributed by atoms with Gasteiger partial charge in [-0.05, 0) is 67.9 Å². The van der Waals surface area contributed by atoms with Crippen molar-refractivity contribution in [2.24, 2.45) is 0 Å². The molecule has 0 aliphatic carbocycles. The van der Waals surface area contributed by atoms with E-state index in [-0.39, 0.29) is 11.3 Å². The predicted molar refractivity (Wildman–Crippen MR) is 141 cm³/mol. The zero-order valence-electron chi connectivity index (χ0n) is 21.1. The van der Waals surface area contributed by atoms with Crippen LogP contribution < -0.4 is 19.3 Å². The summed E-state index contributed by atoms with van der Waals surface area (Å²) in [5.41, 5.74) is 3.42. The number of hydrogen-bond donors (Lipinski definition) is 1. The second-order valence-corrected chi connectivity index (χ2v) is 8.79. The molecule has 0 radical (unpaired) electrons. The zero-order chi connectivity index (χ0) is 26.0. The molecule has 1 aliphatic heterocycles. The number of amides is 1. The van der Waals surface area contributed by atoms with E-state index in [0.29, 0.717) is 34.9 Å². The number of hydrogen-bond acceptors (Lipinski definition) is 6. The Bertz CT molecular complexity index is 1310. The molecular weight excluding hydrogens is 456 g/mol. The van der Waals surface area contributed by atoms with Crippen molar-refractivity contribution in [3.63, 3.8) is 0 Å². The van der Waals surface area contributed by atoms with Crippen molar-refractivity contribution in [2.75, 3.05) is 37.6 Å². The third-order valence-corrected chi connectivity index (χ3v) is 6.21. The number of Topliss-reactive ketones (excluding diaryl/α,β-unsaturated/α-hetero) is 1. The number of ketones is 1. The van der Waals surface area contributed by atoms with Gasteiger partial charge in [0.05, 0.1) is 30.9 Å². The van der Waals surface area contributed by atoms with E-state index in [1.807, 2.05) is 63.2 Å². The van der Waals surface area contributed by atoms with E-state index in [0.717, 1.165) is 11.3 Å². The molecule has 1 aliphatic rings. The summed E-state index contributed by atoms with van der Waals surface area (Å²) < 4.78 is 11.0. The quantitative estimate of drug-likeness (QED) is 0.285. The highest BCUT2D eigenvalue weighted by molar-refractivity contribution is 6.51. The predicted octanol–water partition coefficient (Wildman–Crippen LogP) is 5.09. The van der Waals surface area contributed by atoms with Crippen LogP contribution in [0.2, 0.25) is 0 Å². The van der Waals surface area contributed by atoms with Gasteiger partial charge in [-0.3, -0.25) is 14.5 Å². The van der Waals surface area contributed by atoms with Gasteiger partial charge in [0.15, 0.2) is 0 Å². The van der Waals surface area contributed by atoms with Crippen LogP contribution >= 0.6 is 0 Å². The Kier molecular flexibility index (Phi) is 7.01. The molecule has 1 atom stereocenters. The summed E-state index contributed by atoms with van der Waals surface area (Å²) in [6.07, 6.45) is 0. The van der Waals surface area contributed by atoms with Gasteiger partial charge in [-0.1, -0.05) is 23.8 Å². The first-order valence-electron chi connectivity index (χ1n) is 11.7. The number of ether oxygens (including phenoxy) is 2. The molecule has 0 aromatic heterocycles. The van der Waals surface area contributed by atoms with E-state index in [4.69, 9.17) is 9.47 Å². The van der Waals surface area contributed by atoms with E-state index < -0.39 is 17.7 Å². The van der Waals surface area contributed by atoms with Gasteiger partial charge in [-0.25, -0.2) is 0 Å². The minimum absolute atomic E-state index is 0.00439. The molecule has 0 spiro atoms. The summed E-state index contributed by atoms with van der Waals surface area (Å²) in [6, 6.07) is 19.1. The third-order valence-electron chi connectivity index (χ3n) is 6.21. The van der Waals surface area contributed by atoms with Gasteiger partial charge in [0.2, 0.25) is 0 Å². The van der Waals surface area contributed by atoms with Crippen molar-refractivity contribution in [3.05, 3.63) is 89.0 Å². The number of rotatable bonds is 7. The number of carbonyl (C=O) groups is 2. The molecule has 3 aromatic rings. The molecule has 1 amide bonds. The Labute approximate surface area is 211 Å². The number of carbonyl (C=O) groups excluding carboxylic acids is 2. The molecule has 7 heteroatoms. The molecule has 7 nitrogen and oxygen atoms in total. The highest BCUT2D eigenvalue weighted by Crippen LogP contribution is 2.44. The Morgan fingerprint density at radius 2 is 1.67 bits per heavy atom. The Balaban J connectivity index is 1.92. The number of nitrogens with zero attached hydrogens (tertiary/aromatic N) is 2. The fraction of sp³-hybridized carbons (Fsp3) is 0.241. The molecule has 0 bridgehead atoms. The Hall–Kier alpha value is -4.26. The lowest BCUT2D eigenvalue weighted by Gasteiger charge is -2.26. The minimum Gasteiger partial charge on any atom is -0.507 e. The zero-order valence-corrected chi connectivity index (χ0v) is 21.1. The van der Waals surface area contributed by atoms with Gasteiger partial charge in [-0.15, -0.1) is 0 Å². The molecule has 0 saturated carbocycles. The molecule has 4 rings (SSSR count). The van der Waals surface area contributed by atoms with Crippen LogP contribution in [0, 0.1) is 6.92 Å². The van der Waals surface area contributed by atoms with E-state index in [1.165, 1.54) is 12.0 Å². The lowest BCUT2D eigenvalue weighted by molar-refractivity contribution is -0.132. The average molecular weight is 487 g/mol. The van der Waals surface area contributed by atoms with Crippen LogP contribution in [-0.2, 0) is 9.59 Å². The first-order valence-corrected chi connectivity index (χ1v) is 11.7. The number of anilines is 2. The molecule has 1 saturated heterocycles. The number of benzene rings is 3. The molecule has 3 aromatic carbocycles. The van der Waals surface area contributed by atoms with Gasteiger partial charge in [0.1, 0.15) is 17.3 Å². The molecule has 36 heavy (non-hydrogen) atoms. The van der Waals surface area contributed by atoms with Crippen molar-refractivity contribution in [1.29, 1.82) is 0 Å². The number of aliphatic hydroxyl groups excluding tert-OH is 1. The summed E-state index contributed by atoms with van der Waals surface area (Å²) in [7, 11) is 5.35. The summed E-state index contributed by atoms with van der Waals surface area (Å²) in [5, 5.41) is 11.5. The summed E-state index contributed by atoms with van der Waals surface area (Å²) >= 11 is 0. The largest absolute Gasteiger partial charge is 0.507 e. The van der Waals surface area contributed by atoms with Gasteiger partial charge in [0, 0.05) is 25.5 Å². The maximum absolute atomic E-state index is 13.4. The topological polar surface area (TPSA) is 79.3 Å². The molecule has 1 heterocycles. The summed E-state index contributed by atoms with van der Waals surface area (Å²) in [4.78, 5) is 30.2. The van der Waals surface area contributed by atoms with Crippen LogP contribution in [0.15, 0.2) is 72.3 Å². The Morgan fingerprint density at radius 1 is 1.00 bits per heavy atom. The second-order valence-electron chi connectivity index (χ2n) is 8.79. The van der Waals surface area contributed by atoms with Gasteiger partial charge in [-0.2, -0.15) is 0 Å². The van der Waals surface area contributed by atoms with Crippen molar-refractivity contribution in [3.8, 4) is 11.5 Å². The highest BCUT2D eigenvalue weighted by atomic mass is 16.5. The van der Waals surface area contributed by atoms with Crippen molar-refractivity contribution >= 4 is 28.8 Å². The van der Waals surface area contributed by atoms with Gasteiger partial charge < -0.3 is 19.5 Å². The third kappa shape index (κ3) is 4.52. The first kappa shape index (κ1) is 24.9. The second kappa shape index (κ2) is 10.2. The minimum atomic E-state index is -0.837. The normalized spacial score (nSPS) is 16.8. The fourth-order valence-corrected chi connectivity index (χ4v) is 4.39. The average Bonchev–Trinajstić information content (AvgIpc) is 3.14. The Morgan fingerprint density at radius 3 is 2.25 bits per heavy atom. The molecule has 1 N–H and O–H groups in total. The van der Waals surface area contributed by atoms with E-state index >= 15 is 0 Å². The molecule has 1 unspecified atom stereocenters. The van der Waals surface area contributed by atoms with Crippen LogP contribution in [-0.4, -0.2) is 44.6 Å². The van der Waals surface area contributed by atoms with Gasteiger partial charge >= 0.3 is 0 Å². The van der Waals surface area contributed by atoms with Crippen LogP contribution in [0.5, 0.6) is 11.5 Å². The smallest absolute Gasteiger partial charge is 0.300 e. The summed E-state index contributed by atoms with van der Waals surface area (Å²) in [6.45, 7) is 4.30. The monoisotopic (exact) mass is 486 g/mol. The standard InChI is InChI=1S/C29H30N2O5/c1-6-36-22-14-8-19(9-15-22)26-25(27(32)23-17-18(2)7-16-24(23)35-5)28(33)29(34)31(26)21-12-10-20(11-13-21)30(3)4/h7-17,26,32H,6H2,1-5H3/b27-25+. The van der Waals surface area contributed by atoms with Crippen LogP contribution in [0.25, 0.3) is 5.76 Å². The first-order chi connectivity index (χ1) is 17.3. The van der Waals surface area contributed by atoms with Crippen molar-refractivity contribution in [1.82, 2.24) is 0 Å². The van der Waals surface area contributed by atoms with E-state index in [2.05, 4.69) is 0 Å². The SMILES string of the molecule is CCOc1ccc(C2/C(=C(\O)c3cc(C)ccc3OC)C(=O)C(=O)N2c2ccc(N(C)C)cc2)cc1. The number of aryl methyl sites for hydroxylation is 1. The maximum atomic E-state index is 13.4. The van der Waals surface area contributed by atoms with E-state index in [1.54, 1.807) is 36.4 Å². The van der Waals surface area contributed by atoms with E-state index in [9.17, 15) is 14.7 Å². The van der Waals surface area contributed by atoms with Crippen LogP contribution in [0.4, 0.5) is 11.4 Å². The van der Waals surface area contributed by atoms with Crippen molar-refractivity contribution < 1.29 is 24.2 Å². The summed E-state index contributed by atoms with van der Waals surface area (Å²) in [5.74, 6) is -0.662. The number of methoxy groups -OCH3 is 1. The highest BCUT2D eigenvalue weighted by Gasteiger charge is 2.47. The van der Waals surface area contributed by atoms with Gasteiger partial charge in [0.25, 0.3) is 11.7 Å². The lowest BCUT2D eigenvalue weighted by Crippen LogP contribution is -2.29. The molecule has 186 valence electrons. The van der Waals surface area contributed by atoms with Crippen LogP contribution in [0.3, 0.4) is 0 Å². The molecule has 1 fully saturated rings.